The van der Waals surface area contributed by atoms with E-state index < -0.39 is 0 Å². The molecule has 0 aliphatic heterocycles. The van der Waals surface area contributed by atoms with Crippen LogP contribution in [0.2, 0.25) is 0 Å². The van der Waals surface area contributed by atoms with Gasteiger partial charge in [0.2, 0.25) is 11.8 Å². The van der Waals surface area contributed by atoms with Gasteiger partial charge in [-0.25, -0.2) is 4.98 Å². The molecule has 5 heteroatoms. The third kappa shape index (κ3) is 3.70. The van der Waals surface area contributed by atoms with E-state index in [-0.39, 0.29) is 17.7 Å². The predicted octanol–water partition coefficient (Wildman–Crippen LogP) is 0.937. The van der Waals surface area contributed by atoms with Crippen molar-refractivity contribution in [1.82, 2.24) is 10.3 Å². The van der Waals surface area contributed by atoms with Crippen LogP contribution in [0.4, 0.5) is 0 Å². The Morgan fingerprint density at radius 2 is 2.28 bits per heavy atom. The number of nitrogens with one attached hydrogen (secondary N) is 1. The fourth-order valence-corrected chi connectivity index (χ4v) is 1.74. The number of ether oxygens (including phenoxy) is 1. The van der Waals surface area contributed by atoms with E-state index in [4.69, 9.17) is 10.5 Å². The van der Waals surface area contributed by atoms with Crippen LogP contribution in [0.5, 0.6) is 5.88 Å². The molecule has 1 rings (SSSR count). The van der Waals surface area contributed by atoms with Crippen LogP contribution < -0.4 is 15.8 Å². The third-order valence-electron chi connectivity index (χ3n) is 2.89. The number of carbonyl (C=O) groups excluding carboxylic acids is 1. The van der Waals surface area contributed by atoms with Crippen molar-refractivity contribution in [1.29, 1.82) is 0 Å². The van der Waals surface area contributed by atoms with Crippen LogP contribution >= 0.6 is 0 Å². The summed E-state index contributed by atoms with van der Waals surface area (Å²) in [5.74, 6) is 0.573. The van der Waals surface area contributed by atoms with Crippen LogP contribution in [0.1, 0.15) is 19.4 Å². The van der Waals surface area contributed by atoms with Crippen LogP contribution in [0.25, 0.3) is 0 Å². The van der Waals surface area contributed by atoms with E-state index in [1.807, 2.05) is 26.0 Å². The Hall–Kier alpha value is -1.62. The maximum Gasteiger partial charge on any atom is 0.224 e. The first-order valence-corrected chi connectivity index (χ1v) is 6.05. The summed E-state index contributed by atoms with van der Waals surface area (Å²) < 4.78 is 5.12. The molecule has 3 N–H and O–H groups in total. The van der Waals surface area contributed by atoms with E-state index in [0.29, 0.717) is 19.0 Å². The third-order valence-corrected chi connectivity index (χ3v) is 2.89. The van der Waals surface area contributed by atoms with Gasteiger partial charge in [0.15, 0.2) is 0 Å². The molecule has 0 aromatic carbocycles. The highest BCUT2D eigenvalue weighted by Crippen LogP contribution is 2.14. The Labute approximate surface area is 108 Å². The number of amides is 1. The largest absolute Gasteiger partial charge is 0.481 e. The molecule has 1 heterocycles. The summed E-state index contributed by atoms with van der Waals surface area (Å²) in [5, 5.41) is 2.87. The highest BCUT2D eigenvalue weighted by atomic mass is 16.5. The SMILES string of the molecule is COc1ncccc1CNC(=O)C(CN)C(C)C. The molecule has 1 unspecified atom stereocenters. The number of rotatable bonds is 6. The monoisotopic (exact) mass is 251 g/mol. The van der Waals surface area contributed by atoms with Gasteiger partial charge >= 0.3 is 0 Å². The second kappa shape index (κ2) is 6.96. The minimum atomic E-state index is -0.160. The molecular formula is C13H21N3O2. The number of nitrogens with zero attached hydrogens (tertiary/aromatic N) is 1. The number of pyridine rings is 1. The summed E-state index contributed by atoms with van der Waals surface area (Å²) in [6.07, 6.45) is 1.65. The standard InChI is InChI=1S/C13H21N3O2/c1-9(2)11(7-14)12(17)16-8-10-5-4-6-15-13(10)18-3/h4-6,9,11H,7-8,14H2,1-3H3,(H,16,17). The van der Waals surface area contributed by atoms with E-state index in [9.17, 15) is 4.79 Å². The van der Waals surface area contributed by atoms with E-state index in [2.05, 4.69) is 10.3 Å². The molecule has 0 saturated heterocycles. The van der Waals surface area contributed by atoms with Gasteiger partial charge in [0, 0.05) is 24.8 Å². The van der Waals surface area contributed by atoms with Crippen molar-refractivity contribution in [3.05, 3.63) is 23.9 Å². The average molecular weight is 251 g/mol. The lowest BCUT2D eigenvalue weighted by molar-refractivity contribution is -0.126. The Morgan fingerprint density at radius 3 is 2.83 bits per heavy atom. The summed E-state index contributed by atoms with van der Waals surface area (Å²) >= 11 is 0. The first kappa shape index (κ1) is 14.4. The van der Waals surface area contributed by atoms with Crippen LogP contribution in [0.15, 0.2) is 18.3 Å². The molecule has 5 nitrogen and oxygen atoms in total. The van der Waals surface area contributed by atoms with Gasteiger partial charge in [-0.2, -0.15) is 0 Å². The molecule has 1 atom stereocenters. The summed E-state index contributed by atoms with van der Waals surface area (Å²) in [5.41, 5.74) is 6.46. The first-order chi connectivity index (χ1) is 8.60. The minimum absolute atomic E-state index is 0.0293. The van der Waals surface area contributed by atoms with Crippen molar-refractivity contribution >= 4 is 5.91 Å². The van der Waals surface area contributed by atoms with E-state index in [0.717, 1.165) is 5.56 Å². The Balaban J connectivity index is 2.62. The predicted molar refractivity (Wildman–Crippen MR) is 70.0 cm³/mol. The van der Waals surface area contributed by atoms with Gasteiger partial charge in [0.25, 0.3) is 0 Å². The quantitative estimate of drug-likeness (QED) is 0.788. The molecule has 0 saturated carbocycles. The Bertz CT molecular complexity index is 394. The number of nitrogens with two attached hydrogens (primary N) is 1. The highest BCUT2D eigenvalue weighted by Gasteiger charge is 2.20. The number of hydrogen-bond donors (Lipinski definition) is 2. The molecule has 0 bridgehead atoms. The first-order valence-electron chi connectivity index (χ1n) is 6.05. The average Bonchev–Trinajstić information content (AvgIpc) is 2.37. The van der Waals surface area contributed by atoms with Gasteiger partial charge < -0.3 is 15.8 Å². The molecule has 1 aromatic rings. The molecule has 0 fully saturated rings. The van der Waals surface area contributed by atoms with Gasteiger partial charge in [0.05, 0.1) is 13.0 Å². The number of hydrogen-bond acceptors (Lipinski definition) is 4. The maximum absolute atomic E-state index is 11.9. The number of aromatic nitrogens is 1. The fraction of sp³-hybridized carbons (Fsp3) is 0.538. The van der Waals surface area contributed by atoms with Gasteiger partial charge in [-0.1, -0.05) is 19.9 Å². The molecule has 1 aromatic heterocycles. The minimum Gasteiger partial charge on any atom is -0.481 e. The summed E-state index contributed by atoms with van der Waals surface area (Å²) in [6.45, 7) is 4.73. The van der Waals surface area contributed by atoms with E-state index in [1.54, 1.807) is 13.3 Å². The van der Waals surface area contributed by atoms with Gasteiger partial charge in [0.1, 0.15) is 0 Å². The number of methoxy groups -OCH3 is 1. The molecule has 0 spiro atoms. The zero-order chi connectivity index (χ0) is 13.5. The summed E-state index contributed by atoms with van der Waals surface area (Å²) in [4.78, 5) is 16.0. The second-order valence-corrected chi connectivity index (χ2v) is 4.48. The smallest absolute Gasteiger partial charge is 0.224 e. The lowest BCUT2D eigenvalue weighted by Crippen LogP contribution is -2.37. The summed E-state index contributed by atoms with van der Waals surface area (Å²) in [7, 11) is 1.56. The van der Waals surface area contributed by atoms with Crippen molar-refractivity contribution in [2.24, 2.45) is 17.6 Å². The van der Waals surface area contributed by atoms with Crippen molar-refractivity contribution in [3.63, 3.8) is 0 Å². The van der Waals surface area contributed by atoms with Crippen molar-refractivity contribution < 1.29 is 9.53 Å². The normalized spacial score (nSPS) is 12.3. The van der Waals surface area contributed by atoms with Crippen molar-refractivity contribution in [3.8, 4) is 5.88 Å². The fourth-order valence-electron chi connectivity index (χ4n) is 1.74. The van der Waals surface area contributed by atoms with Gasteiger partial charge in [-0.15, -0.1) is 0 Å². The molecule has 0 aliphatic carbocycles. The highest BCUT2D eigenvalue weighted by molar-refractivity contribution is 5.79. The van der Waals surface area contributed by atoms with E-state index >= 15 is 0 Å². The zero-order valence-electron chi connectivity index (χ0n) is 11.1. The molecule has 0 radical (unpaired) electrons. The molecule has 0 aliphatic rings. The molecule has 18 heavy (non-hydrogen) atoms. The summed E-state index contributed by atoms with van der Waals surface area (Å²) in [6, 6.07) is 3.69. The van der Waals surface area contributed by atoms with E-state index in [1.165, 1.54) is 0 Å². The molecular weight excluding hydrogens is 230 g/mol. The van der Waals surface area contributed by atoms with Crippen LogP contribution in [-0.2, 0) is 11.3 Å². The van der Waals surface area contributed by atoms with Gasteiger partial charge in [-0.3, -0.25) is 4.79 Å². The Kier molecular flexibility index (Phi) is 5.58. The number of carbonyl (C=O) groups is 1. The molecule has 1 amide bonds. The molecule has 100 valence electrons. The zero-order valence-corrected chi connectivity index (χ0v) is 11.1. The van der Waals surface area contributed by atoms with Crippen LogP contribution in [-0.4, -0.2) is 24.5 Å². The van der Waals surface area contributed by atoms with Crippen molar-refractivity contribution in [2.45, 2.75) is 20.4 Å². The topological polar surface area (TPSA) is 77.2 Å². The maximum atomic E-state index is 11.9. The Morgan fingerprint density at radius 1 is 1.56 bits per heavy atom. The lowest BCUT2D eigenvalue weighted by atomic mass is 9.95. The van der Waals surface area contributed by atoms with Crippen LogP contribution in [0, 0.1) is 11.8 Å². The lowest BCUT2D eigenvalue weighted by Gasteiger charge is -2.18. The van der Waals surface area contributed by atoms with Gasteiger partial charge in [-0.05, 0) is 12.0 Å². The van der Waals surface area contributed by atoms with Crippen LogP contribution in [0.3, 0.4) is 0 Å². The second-order valence-electron chi connectivity index (χ2n) is 4.48. The van der Waals surface area contributed by atoms with Crippen molar-refractivity contribution in [2.75, 3.05) is 13.7 Å².